The smallest absolute Gasteiger partial charge is 0.274 e. The summed E-state index contributed by atoms with van der Waals surface area (Å²) in [6.07, 6.45) is 1.75. The van der Waals surface area contributed by atoms with Gasteiger partial charge in [0.15, 0.2) is 0 Å². The molecule has 1 heterocycles. The number of nitro benzene ring substituents is 1. The molecule has 1 aromatic carbocycles. The zero-order valence-electron chi connectivity index (χ0n) is 10.1. The van der Waals surface area contributed by atoms with E-state index in [-0.39, 0.29) is 5.69 Å². The van der Waals surface area contributed by atoms with Gasteiger partial charge in [0, 0.05) is 12.6 Å². The minimum atomic E-state index is -0.399. The summed E-state index contributed by atoms with van der Waals surface area (Å²) >= 11 is 0. The summed E-state index contributed by atoms with van der Waals surface area (Å²) in [5, 5.41) is 21.8. The average Bonchev–Trinajstić information content (AvgIpc) is 2.78. The van der Waals surface area contributed by atoms with Gasteiger partial charge in [0.05, 0.1) is 28.1 Å². The molecular formula is C11H13N5O2. The first-order valence-electron chi connectivity index (χ1n) is 5.43. The van der Waals surface area contributed by atoms with E-state index >= 15 is 0 Å². The summed E-state index contributed by atoms with van der Waals surface area (Å²) in [6.45, 7) is 2.31. The van der Waals surface area contributed by atoms with Gasteiger partial charge in [0.2, 0.25) is 0 Å². The SMILES string of the molecule is CNCc1cn(-c2cccc([N+](=O)[O-])c2C)nn1. The van der Waals surface area contributed by atoms with Crippen molar-refractivity contribution in [1.82, 2.24) is 20.3 Å². The second-order valence-electron chi connectivity index (χ2n) is 3.86. The molecule has 1 aromatic heterocycles. The van der Waals surface area contributed by atoms with Gasteiger partial charge in [0.1, 0.15) is 0 Å². The molecule has 0 bridgehead atoms. The lowest BCUT2D eigenvalue weighted by Crippen LogP contribution is -2.05. The zero-order chi connectivity index (χ0) is 13.1. The highest BCUT2D eigenvalue weighted by molar-refractivity contribution is 5.52. The highest BCUT2D eigenvalue weighted by Gasteiger charge is 2.15. The van der Waals surface area contributed by atoms with Crippen molar-refractivity contribution in [2.45, 2.75) is 13.5 Å². The fourth-order valence-electron chi connectivity index (χ4n) is 1.74. The normalized spacial score (nSPS) is 10.6. The third-order valence-corrected chi connectivity index (χ3v) is 2.62. The van der Waals surface area contributed by atoms with Crippen LogP contribution in [0.4, 0.5) is 5.69 Å². The van der Waals surface area contributed by atoms with Crippen LogP contribution in [0, 0.1) is 17.0 Å². The van der Waals surface area contributed by atoms with E-state index in [0.717, 1.165) is 5.69 Å². The van der Waals surface area contributed by atoms with Crippen molar-refractivity contribution in [1.29, 1.82) is 0 Å². The van der Waals surface area contributed by atoms with Crippen LogP contribution >= 0.6 is 0 Å². The largest absolute Gasteiger partial charge is 0.314 e. The first-order valence-corrected chi connectivity index (χ1v) is 5.43. The van der Waals surface area contributed by atoms with E-state index in [1.54, 1.807) is 29.9 Å². The lowest BCUT2D eigenvalue weighted by molar-refractivity contribution is -0.385. The maximum atomic E-state index is 10.9. The molecule has 0 atom stereocenters. The van der Waals surface area contributed by atoms with Gasteiger partial charge in [-0.1, -0.05) is 11.3 Å². The Morgan fingerprint density at radius 1 is 1.50 bits per heavy atom. The quantitative estimate of drug-likeness (QED) is 0.648. The molecule has 7 nitrogen and oxygen atoms in total. The van der Waals surface area contributed by atoms with Crippen LogP contribution in [0.3, 0.4) is 0 Å². The molecule has 0 radical (unpaired) electrons. The van der Waals surface area contributed by atoms with Crippen molar-refractivity contribution in [3.05, 3.63) is 45.8 Å². The summed E-state index contributed by atoms with van der Waals surface area (Å²) in [6, 6.07) is 4.89. The third-order valence-electron chi connectivity index (χ3n) is 2.62. The molecule has 0 unspecified atom stereocenters. The van der Waals surface area contributed by atoms with Crippen LogP contribution in [0.25, 0.3) is 5.69 Å². The maximum Gasteiger partial charge on any atom is 0.274 e. The zero-order valence-corrected chi connectivity index (χ0v) is 10.1. The van der Waals surface area contributed by atoms with Crippen LogP contribution in [0.2, 0.25) is 0 Å². The minimum absolute atomic E-state index is 0.0816. The minimum Gasteiger partial charge on any atom is -0.314 e. The Kier molecular flexibility index (Phi) is 3.33. The van der Waals surface area contributed by atoms with Crippen molar-refractivity contribution in [3.8, 4) is 5.69 Å². The highest BCUT2D eigenvalue weighted by Crippen LogP contribution is 2.23. The van der Waals surface area contributed by atoms with Gasteiger partial charge in [-0.25, -0.2) is 4.68 Å². The van der Waals surface area contributed by atoms with Crippen LogP contribution in [-0.4, -0.2) is 27.0 Å². The van der Waals surface area contributed by atoms with Crippen molar-refractivity contribution in [2.24, 2.45) is 0 Å². The second kappa shape index (κ2) is 4.92. The Morgan fingerprint density at radius 2 is 2.28 bits per heavy atom. The number of rotatable bonds is 4. The topological polar surface area (TPSA) is 85.9 Å². The molecule has 0 saturated heterocycles. The molecule has 2 aromatic rings. The van der Waals surface area contributed by atoms with Gasteiger partial charge >= 0.3 is 0 Å². The van der Waals surface area contributed by atoms with Gasteiger partial charge < -0.3 is 5.32 Å². The van der Waals surface area contributed by atoms with Crippen molar-refractivity contribution in [2.75, 3.05) is 7.05 Å². The molecule has 0 spiro atoms. The number of nitrogens with zero attached hydrogens (tertiary/aromatic N) is 4. The predicted molar refractivity (Wildman–Crippen MR) is 65.5 cm³/mol. The van der Waals surface area contributed by atoms with Gasteiger partial charge in [0.25, 0.3) is 5.69 Å². The van der Waals surface area contributed by atoms with Gasteiger partial charge in [-0.2, -0.15) is 0 Å². The lowest BCUT2D eigenvalue weighted by atomic mass is 10.1. The highest BCUT2D eigenvalue weighted by atomic mass is 16.6. The molecular weight excluding hydrogens is 234 g/mol. The van der Waals surface area contributed by atoms with Gasteiger partial charge in [-0.05, 0) is 20.0 Å². The fourth-order valence-corrected chi connectivity index (χ4v) is 1.74. The van der Waals surface area contributed by atoms with Gasteiger partial charge in [-0.3, -0.25) is 10.1 Å². The molecule has 0 aliphatic rings. The van der Waals surface area contributed by atoms with E-state index in [2.05, 4.69) is 15.6 Å². The van der Waals surface area contributed by atoms with Crippen LogP contribution < -0.4 is 5.32 Å². The van der Waals surface area contributed by atoms with E-state index < -0.39 is 4.92 Å². The molecule has 18 heavy (non-hydrogen) atoms. The standard InChI is InChI=1S/C11H13N5O2/c1-8-10(4-3-5-11(8)16(17)18)15-7-9(6-12-2)13-14-15/h3-5,7,12H,6H2,1-2H3. The van der Waals surface area contributed by atoms with E-state index in [1.807, 2.05) is 7.05 Å². The molecule has 7 heteroatoms. The molecule has 0 saturated carbocycles. The number of benzene rings is 1. The Balaban J connectivity index is 2.43. The van der Waals surface area contributed by atoms with Crippen molar-refractivity contribution >= 4 is 5.69 Å². The van der Waals surface area contributed by atoms with Gasteiger partial charge in [-0.15, -0.1) is 5.10 Å². The molecule has 1 N–H and O–H groups in total. The summed E-state index contributed by atoms with van der Waals surface area (Å²) in [4.78, 5) is 10.5. The van der Waals surface area contributed by atoms with Crippen LogP contribution in [-0.2, 0) is 6.54 Å². The maximum absolute atomic E-state index is 10.9. The number of hydrogen-bond acceptors (Lipinski definition) is 5. The molecule has 0 aliphatic carbocycles. The summed E-state index contributed by atoms with van der Waals surface area (Å²) in [7, 11) is 1.82. The van der Waals surface area contributed by atoms with E-state index in [9.17, 15) is 10.1 Å². The first kappa shape index (κ1) is 12.2. The Morgan fingerprint density at radius 3 is 2.94 bits per heavy atom. The summed E-state index contributed by atoms with van der Waals surface area (Å²) < 4.78 is 1.55. The Hall–Kier alpha value is -2.28. The lowest BCUT2D eigenvalue weighted by Gasteiger charge is -2.04. The van der Waals surface area contributed by atoms with Crippen LogP contribution in [0.15, 0.2) is 24.4 Å². The third kappa shape index (κ3) is 2.21. The first-order chi connectivity index (χ1) is 8.63. The number of aromatic nitrogens is 3. The molecule has 0 aliphatic heterocycles. The molecule has 0 fully saturated rings. The number of nitrogens with one attached hydrogen (secondary N) is 1. The van der Waals surface area contributed by atoms with Crippen molar-refractivity contribution < 1.29 is 4.92 Å². The summed E-state index contributed by atoms with van der Waals surface area (Å²) in [5.74, 6) is 0. The van der Waals surface area contributed by atoms with Crippen LogP contribution in [0.5, 0.6) is 0 Å². The number of nitro groups is 1. The molecule has 0 amide bonds. The van der Waals surface area contributed by atoms with E-state index in [1.165, 1.54) is 6.07 Å². The van der Waals surface area contributed by atoms with E-state index in [4.69, 9.17) is 0 Å². The second-order valence-corrected chi connectivity index (χ2v) is 3.86. The van der Waals surface area contributed by atoms with Crippen molar-refractivity contribution in [3.63, 3.8) is 0 Å². The summed E-state index contributed by atoms with van der Waals surface area (Å²) in [5.41, 5.74) is 2.10. The number of hydrogen-bond donors (Lipinski definition) is 1. The Labute approximate surface area is 104 Å². The fraction of sp³-hybridized carbons (Fsp3) is 0.273. The Bertz CT molecular complexity index is 579. The van der Waals surface area contributed by atoms with E-state index in [0.29, 0.717) is 17.8 Å². The molecule has 94 valence electrons. The monoisotopic (exact) mass is 247 g/mol. The predicted octanol–water partition coefficient (Wildman–Crippen LogP) is 1.20. The average molecular weight is 247 g/mol. The van der Waals surface area contributed by atoms with Crippen LogP contribution in [0.1, 0.15) is 11.3 Å². The molecule has 2 rings (SSSR count).